The lowest BCUT2D eigenvalue weighted by Gasteiger charge is -2.19. The Morgan fingerprint density at radius 3 is 2.00 bits per heavy atom. The van der Waals surface area contributed by atoms with Crippen LogP contribution in [-0.2, 0) is 18.6 Å². The first-order chi connectivity index (χ1) is 13.3. The number of hydrogen-bond donors (Lipinski definition) is 2. The van der Waals surface area contributed by atoms with Crippen LogP contribution in [0.1, 0.15) is 96.8 Å². The zero-order chi connectivity index (χ0) is 21.1. The Kier molecular flexibility index (Phi) is 17.8. The number of unbranched alkanes of at least 4 members (excludes halogenated alkanes) is 11. The van der Waals surface area contributed by atoms with Crippen molar-refractivity contribution in [3.63, 3.8) is 0 Å². The van der Waals surface area contributed by atoms with E-state index in [0.29, 0.717) is 6.42 Å². The fourth-order valence-corrected chi connectivity index (χ4v) is 3.13. The highest BCUT2D eigenvalue weighted by atomic mass is 31.2. The van der Waals surface area contributed by atoms with E-state index in [4.69, 9.17) is 10.00 Å². The van der Waals surface area contributed by atoms with Crippen LogP contribution in [0.25, 0.3) is 0 Å². The van der Waals surface area contributed by atoms with Gasteiger partial charge in [0.15, 0.2) is 6.29 Å². The highest BCUT2D eigenvalue weighted by Crippen LogP contribution is 2.31. The summed E-state index contributed by atoms with van der Waals surface area (Å²) in [6.45, 7) is 1.61. The zero-order valence-corrected chi connectivity index (χ0v) is 18.1. The smallest absolute Gasteiger partial charge is 0.305 e. The van der Waals surface area contributed by atoms with E-state index in [2.05, 4.69) is 28.3 Å². The van der Waals surface area contributed by atoms with Gasteiger partial charge in [-0.05, 0) is 32.1 Å². The summed E-state index contributed by atoms with van der Waals surface area (Å²) in [6, 6.07) is 0. The van der Waals surface area contributed by atoms with E-state index >= 15 is 0 Å². The van der Waals surface area contributed by atoms with Gasteiger partial charge in [0.05, 0.1) is 0 Å². The molecule has 0 saturated heterocycles. The van der Waals surface area contributed by atoms with Crippen LogP contribution < -0.4 is 4.89 Å². The van der Waals surface area contributed by atoms with E-state index < -0.39 is 26.7 Å². The highest BCUT2D eigenvalue weighted by molar-refractivity contribution is 7.44. The van der Waals surface area contributed by atoms with E-state index in [9.17, 15) is 14.3 Å². The molecule has 0 amide bonds. The van der Waals surface area contributed by atoms with Crippen molar-refractivity contribution < 1.29 is 33.5 Å². The predicted octanol–water partition coefficient (Wildman–Crippen LogP) is 4.36. The minimum atomic E-state index is -5.03. The van der Waals surface area contributed by atoms with Crippen molar-refractivity contribution in [1.29, 1.82) is 0 Å². The van der Waals surface area contributed by atoms with E-state index in [1.54, 1.807) is 0 Å². The molecule has 7 nitrogen and oxygen atoms in total. The molecule has 8 heteroatoms. The molecule has 0 aliphatic heterocycles. The number of carbonyl (C=O) groups is 1. The van der Waals surface area contributed by atoms with Gasteiger partial charge in [-0.2, -0.15) is 0 Å². The van der Waals surface area contributed by atoms with Gasteiger partial charge in [-0.25, -0.2) is 0 Å². The van der Waals surface area contributed by atoms with Crippen molar-refractivity contribution >= 4 is 13.8 Å². The molecule has 0 heterocycles. The Morgan fingerprint density at radius 1 is 0.964 bits per heavy atom. The molecule has 28 heavy (non-hydrogen) atoms. The Labute approximate surface area is 169 Å². The van der Waals surface area contributed by atoms with Crippen molar-refractivity contribution in [3.05, 3.63) is 12.2 Å². The van der Waals surface area contributed by atoms with Gasteiger partial charge in [-0.15, -0.1) is 0 Å². The average Bonchev–Trinajstić information content (AvgIpc) is 2.62. The molecule has 0 saturated carbocycles. The summed E-state index contributed by atoms with van der Waals surface area (Å²) < 4.78 is 18.9. The van der Waals surface area contributed by atoms with Gasteiger partial charge in [0.2, 0.25) is 0 Å². The van der Waals surface area contributed by atoms with Crippen LogP contribution in [0.5, 0.6) is 0 Å². The normalized spacial score (nSPS) is 14.9. The quantitative estimate of drug-likeness (QED) is 0.105. The Bertz CT molecular complexity index is 448. The number of ether oxygens (including phenoxy) is 1. The van der Waals surface area contributed by atoms with Crippen LogP contribution in [0.2, 0.25) is 0 Å². The monoisotopic (exact) mass is 421 g/mol. The number of phosphoric ester groups is 1. The van der Waals surface area contributed by atoms with Gasteiger partial charge in [-0.3, -0.25) is 13.9 Å². The minimum Gasteiger partial charge on any atom is -0.756 e. The van der Waals surface area contributed by atoms with Gasteiger partial charge in [-0.1, -0.05) is 70.4 Å². The summed E-state index contributed by atoms with van der Waals surface area (Å²) >= 11 is 0. The maximum Gasteiger partial charge on any atom is 0.305 e. The van der Waals surface area contributed by atoms with Gasteiger partial charge in [0.1, 0.15) is 6.61 Å². The molecule has 2 atom stereocenters. The summed E-state index contributed by atoms with van der Waals surface area (Å²) in [5, 5.41) is 9.10. The van der Waals surface area contributed by atoms with Crippen molar-refractivity contribution in [2.45, 2.75) is 103 Å². The highest BCUT2D eigenvalue weighted by Gasteiger charge is 2.14. The first-order valence-electron chi connectivity index (χ1n) is 10.6. The molecular formula is C20H38O7P-. The first kappa shape index (κ1) is 27.3. The second kappa shape index (κ2) is 18.3. The molecule has 0 rings (SSSR count). The van der Waals surface area contributed by atoms with Gasteiger partial charge >= 0.3 is 5.97 Å². The number of carbonyl (C=O) groups excluding carboxylic acids is 1. The molecule has 0 bridgehead atoms. The van der Waals surface area contributed by atoms with E-state index in [1.165, 1.54) is 44.9 Å². The van der Waals surface area contributed by atoms with Crippen LogP contribution in [0.3, 0.4) is 0 Å². The minimum absolute atomic E-state index is 0.207. The van der Waals surface area contributed by atoms with Crippen molar-refractivity contribution in [3.8, 4) is 0 Å². The molecule has 1 unspecified atom stereocenters. The second-order valence-electron chi connectivity index (χ2n) is 7.05. The third kappa shape index (κ3) is 21.6. The number of hydrogen-bond acceptors (Lipinski definition) is 6. The lowest BCUT2D eigenvalue weighted by atomic mass is 10.1. The fraction of sp³-hybridized carbons (Fsp3) is 0.850. The summed E-state index contributed by atoms with van der Waals surface area (Å²) in [7, 11) is -5.03. The number of esters is 1. The van der Waals surface area contributed by atoms with Gasteiger partial charge < -0.3 is 19.6 Å². The van der Waals surface area contributed by atoms with Crippen LogP contribution in [0, 0.1) is 0 Å². The summed E-state index contributed by atoms with van der Waals surface area (Å²) in [6.07, 6.45) is 18.1. The molecule has 166 valence electrons. The van der Waals surface area contributed by atoms with E-state index in [-0.39, 0.29) is 6.42 Å². The van der Waals surface area contributed by atoms with Crippen LogP contribution in [0.15, 0.2) is 12.2 Å². The Balaban J connectivity index is 3.37. The Hall–Kier alpha value is -0.720. The molecule has 0 aromatic carbocycles. The van der Waals surface area contributed by atoms with E-state index in [1.807, 2.05) is 0 Å². The van der Waals surface area contributed by atoms with Crippen LogP contribution >= 0.6 is 7.82 Å². The van der Waals surface area contributed by atoms with Crippen molar-refractivity contribution in [2.24, 2.45) is 0 Å². The SMILES string of the molecule is CCCCCCCC/C=C\CCCCCCCC(=O)OC[C@H](O)OP(=O)([O-])O. The maximum atomic E-state index is 11.4. The summed E-state index contributed by atoms with van der Waals surface area (Å²) in [5.74, 6) is -0.529. The van der Waals surface area contributed by atoms with Gasteiger partial charge in [0.25, 0.3) is 7.82 Å². The number of aliphatic hydroxyl groups is 1. The van der Waals surface area contributed by atoms with Crippen molar-refractivity contribution in [1.82, 2.24) is 0 Å². The van der Waals surface area contributed by atoms with E-state index in [0.717, 1.165) is 32.1 Å². The second-order valence-corrected chi connectivity index (χ2v) is 8.19. The number of phosphoric acid groups is 1. The molecular weight excluding hydrogens is 383 g/mol. The molecule has 2 N–H and O–H groups in total. The molecule has 0 aromatic heterocycles. The number of allylic oxidation sites excluding steroid dienone is 2. The molecule has 0 aromatic rings. The lowest BCUT2D eigenvalue weighted by Crippen LogP contribution is -2.22. The third-order valence-corrected chi connectivity index (χ3v) is 4.79. The number of rotatable bonds is 19. The zero-order valence-electron chi connectivity index (χ0n) is 17.2. The number of aliphatic hydroxyl groups excluding tert-OH is 1. The molecule has 0 spiro atoms. The molecule has 0 aliphatic carbocycles. The van der Waals surface area contributed by atoms with Crippen LogP contribution in [-0.4, -0.2) is 28.9 Å². The maximum absolute atomic E-state index is 11.4. The first-order valence-corrected chi connectivity index (χ1v) is 12.1. The third-order valence-electron chi connectivity index (χ3n) is 4.28. The summed E-state index contributed by atoms with van der Waals surface area (Å²) in [4.78, 5) is 30.2. The Morgan fingerprint density at radius 2 is 1.46 bits per heavy atom. The predicted molar refractivity (Wildman–Crippen MR) is 107 cm³/mol. The van der Waals surface area contributed by atoms with Gasteiger partial charge in [0, 0.05) is 6.42 Å². The topological polar surface area (TPSA) is 116 Å². The molecule has 0 aliphatic rings. The summed E-state index contributed by atoms with van der Waals surface area (Å²) in [5.41, 5.74) is 0. The average molecular weight is 421 g/mol. The largest absolute Gasteiger partial charge is 0.756 e. The molecule has 0 radical (unpaired) electrons. The lowest BCUT2D eigenvalue weighted by molar-refractivity contribution is -0.238. The van der Waals surface area contributed by atoms with Crippen LogP contribution in [0.4, 0.5) is 0 Å². The standard InChI is InChI=1S/C20H39O7P/c1-2-3-4-5-6-7-8-9-10-11-12-13-14-15-16-17-19(21)26-18-20(22)27-28(23,24)25/h9-10,20,22H,2-8,11-18H2,1H3,(H2,23,24,25)/p-1/b10-9-/t20-/m1/s1. The fourth-order valence-electron chi connectivity index (χ4n) is 2.76. The van der Waals surface area contributed by atoms with Crippen molar-refractivity contribution in [2.75, 3.05) is 6.61 Å². The molecule has 0 fully saturated rings.